The van der Waals surface area contributed by atoms with Crippen LogP contribution in [0.1, 0.15) is 162 Å². The van der Waals surface area contributed by atoms with Crippen LogP contribution in [0.15, 0.2) is 12.2 Å². The summed E-state index contributed by atoms with van der Waals surface area (Å²) in [5.74, 6) is 3.27. The molecule has 0 N–H and O–H groups in total. The van der Waals surface area contributed by atoms with Crippen LogP contribution in [0, 0.1) is 23.7 Å². The standard InChI is InChI=1S/C11H23N.C11H21N.2C10H21N/c2*1-9(2)11-7-5-6-8-12(11)10(3)4;2*1-8(2)10-6-5-7-11(10)9(3)4/h9-11H,5-8H2,1-4H3;5-6,9-11H,7-8H2,1-4H3;2*8-10H,5-7H2,1-4H3/t;;10-;/m..0./s1. The molecule has 4 heteroatoms. The summed E-state index contributed by atoms with van der Waals surface area (Å²) in [6, 6.07) is 6.22. The topological polar surface area (TPSA) is 13.0 Å². The van der Waals surface area contributed by atoms with Gasteiger partial charge in [0.2, 0.25) is 0 Å². The fourth-order valence-electron chi connectivity index (χ4n) is 8.63. The Labute approximate surface area is 291 Å². The first-order chi connectivity index (χ1) is 21.5. The molecule has 46 heavy (non-hydrogen) atoms. The maximum absolute atomic E-state index is 2.67. The summed E-state index contributed by atoms with van der Waals surface area (Å²) < 4.78 is 0. The maximum Gasteiger partial charge on any atom is 0.0169 e. The molecule has 0 bridgehead atoms. The maximum atomic E-state index is 2.67. The number of rotatable bonds is 8. The van der Waals surface area contributed by atoms with Crippen LogP contribution in [0.25, 0.3) is 0 Å². The summed E-state index contributed by atoms with van der Waals surface area (Å²) in [6.45, 7) is 42.2. The first-order valence-electron chi connectivity index (χ1n) is 20.2. The lowest BCUT2D eigenvalue weighted by Gasteiger charge is -2.40. The van der Waals surface area contributed by atoms with Crippen molar-refractivity contribution in [1.82, 2.24) is 19.6 Å². The van der Waals surface area contributed by atoms with Gasteiger partial charge in [-0.1, -0.05) is 74.0 Å². The van der Waals surface area contributed by atoms with Gasteiger partial charge in [0.15, 0.2) is 0 Å². The lowest BCUT2D eigenvalue weighted by molar-refractivity contribution is 0.0808. The summed E-state index contributed by atoms with van der Waals surface area (Å²) >= 11 is 0. The van der Waals surface area contributed by atoms with Crippen LogP contribution in [0.3, 0.4) is 0 Å². The van der Waals surface area contributed by atoms with E-state index in [1.165, 1.54) is 71.0 Å². The summed E-state index contributed by atoms with van der Waals surface area (Å²) in [6.07, 6.45) is 15.7. The third kappa shape index (κ3) is 14.6. The molecule has 3 unspecified atom stereocenters. The second kappa shape index (κ2) is 22.3. The van der Waals surface area contributed by atoms with E-state index < -0.39 is 0 Å². The predicted octanol–water partition coefficient (Wildman–Crippen LogP) is 10.6. The van der Waals surface area contributed by atoms with Gasteiger partial charge in [-0.05, 0) is 144 Å². The van der Waals surface area contributed by atoms with Crippen molar-refractivity contribution < 1.29 is 0 Å². The molecule has 0 spiro atoms. The summed E-state index contributed by atoms with van der Waals surface area (Å²) in [5.41, 5.74) is 0. The van der Waals surface area contributed by atoms with Crippen molar-refractivity contribution in [2.24, 2.45) is 23.7 Å². The van der Waals surface area contributed by atoms with E-state index in [0.717, 1.165) is 72.5 Å². The average molecular weight is 647 g/mol. The van der Waals surface area contributed by atoms with Crippen molar-refractivity contribution in [1.29, 1.82) is 0 Å². The van der Waals surface area contributed by atoms with Crippen molar-refractivity contribution >= 4 is 0 Å². The molecular weight excluding hydrogens is 560 g/mol. The Kier molecular flexibility index (Phi) is 21.2. The summed E-state index contributed by atoms with van der Waals surface area (Å²) in [7, 11) is 0. The average Bonchev–Trinajstić information content (AvgIpc) is 3.69. The van der Waals surface area contributed by atoms with Crippen LogP contribution in [-0.2, 0) is 0 Å². The molecular formula is C42H86N4. The van der Waals surface area contributed by atoms with Gasteiger partial charge in [0.1, 0.15) is 0 Å². The molecule has 0 amide bonds. The molecule has 0 aromatic rings. The van der Waals surface area contributed by atoms with Crippen molar-refractivity contribution in [3.05, 3.63) is 12.2 Å². The Morgan fingerprint density at radius 2 is 0.696 bits per heavy atom. The molecule has 3 fully saturated rings. The Morgan fingerprint density at radius 1 is 0.370 bits per heavy atom. The van der Waals surface area contributed by atoms with Crippen molar-refractivity contribution in [2.45, 2.75) is 210 Å². The zero-order chi connectivity index (χ0) is 35.1. The minimum atomic E-state index is 0.683. The number of hydrogen-bond acceptors (Lipinski definition) is 4. The van der Waals surface area contributed by atoms with E-state index in [2.05, 4.69) is 143 Å². The monoisotopic (exact) mass is 647 g/mol. The molecule has 4 heterocycles. The second-order valence-corrected chi connectivity index (χ2v) is 17.5. The molecule has 4 aliphatic rings. The van der Waals surface area contributed by atoms with Gasteiger partial charge in [-0.2, -0.15) is 0 Å². The molecule has 0 saturated carbocycles. The lowest BCUT2D eigenvalue weighted by atomic mass is 9.92. The van der Waals surface area contributed by atoms with E-state index in [4.69, 9.17) is 0 Å². The van der Waals surface area contributed by atoms with Gasteiger partial charge in [0, 0.05) is 54.9 Å². The highest BCUT2D eigenvalue weighted by Gasteiger charge is 2.30. The summed E-state index contributed by atoms with van der Waals surface area (Å²) in [5, 5.41) is 0. The number of hydrogen-bond donors (Lipinski definition) is 0. The Hall–Kier alpha value is -0.420. The molecule has 0 radical (unpaired) electrons. The van der Waals surface area contributed by atoms with Crippen LogP contribution in [0.4, 0.5) is 0 Å². The molecule has 4 rings (SSSR count). The molecule has 0 aromatic heterocycles. The normalized spacial score (nSPS) is 26.8. The van der Waals surface area contributed by atoms with E-state index in [0.29, 0.717) is 6.04 Å². The third-order valence-corrected chi connectivity index (χ3v) is 11.3. The van der Waals surface area contributed by atoms with Crippen molar-refractivity contribution in [3.8, 4) is 0 Å². The lowest BCUT2D eigenvalue weighted by Crippen LogP contribution is -2.46. The van der Waals surface area contributed by atoms with Gasteiger partial charge in [-0.15, -0.1) is 0 Å². The minimum Gasteiger partial charge on any atom is -0.298 e. The summed E-state index contributed by atoms with van der Waals surface area (Å²) in [4.78, 5) is 10.5. The predicted molar refractivity (Wildman–Crippen MR) is 208 cm³/mol. The highest BCUT2D eigenvalue weighted by molar-refractivity contribution is 4.98. The highest BCUT2D eigenvalue weighted by Crippen LogP contribution is 2.27. The van der Waals surface area contributed by atoms with Gasteiger partial charge in [-0.3, -0.25) is 19.6 Å². The van der Waals surface area contributed by atoms with E-state index in [1.807, 2.05) is 0 Å². The number of likely N-dealkylation sites (tertiary alicyclic amines) is 3. The largest absolute Gasteiger partial charge is 0.298 e. The Morgan fingerprint density at radius 3 is 0.978 bits per heavy atom. The first-order valence-corrected chi connectivity index (χ1v) is 20.2. The van der Waals surface area contributed by atoms with Crippen LogP contribution < -0.4 is 0 Å². The van der Waals surface area contributed by atoms with E-state index >= 15 is 0 Å². The van der Waals surface area contributed by atoms with Crippen molar-refractivity contribution in [3.63, 3.8) is 0 Å². The van der Waals surface area contributed by atoms with Crippen LogP contribution in [0.2, 0.25) is 0 Å². The molecule has 4 nitrogen and oxygen atoms in total. The van der Waals surface area contributed by atoms with Crippen molar-refractivity contribution in [2.75, 3.05) is 26.2 Å². The van der Waals surface area contributed by atoms with E-state index in [9.17, 15) is 0 Å². The number of piperidine rings is 1. The van der Waals surface area contributed by atoms with E-state index in [1.54, 1.807) is 0 Å². The van der Waals surface area contributed by atoms with Gasteiger partial charge in [0.05, 0.1) is 0 Å². The van der Waals surface area contributed by atoms with Gasteiger partial charge in [-0.25, -0.2) is 0 Å². The smallest absolute Gasteiger partial charge is 0.0169 e. The zero-order valence-corrected chi connectivity index (χ0v) is 34.4. The molecule has 0 aliphatic carbocycles. The fourth-order valence-corrected chi connectivity index (χ4v) is 8.63. The van der Waals surface area contributed by atoms with Crippen LogP contribution >= 0.6 is 0 Å². The van der Waals surface area contributed by atoms with Crippen LogP contribution in [0.5, 0.6) is 0 Å². The quantitative estimate of drug-likeness (QED) is 0.243. The number of nitrogens with zero attached hydrogens (tertiary/aromatic N) is 4. The Balaban J connectivity index is 0.000000307. The molecule has 274 valence electrons. The van der Waals surface area contributed by atoms with Crippen LogP contribution in [-0.4, -0.2) is 94.1 Å². The minimum absolute atomic E-state index is 0.683. The third-order valence-electron chi connectivity index (χ3n) is 11.3. The zero-order valence-electron chi connectivity index (χ0n) is 34.4. The molecule has 3 saturated heterocycles. The van der Waals surface area contributed by atoms with Gasteiger partial charge < -0.3 is 0 Å². The fraction of sp³-hybridized carbons (Fsp3) is 0.952. The van der Waals surface area contributed by atoms with Gasteiger partial charge >= 0.3 is 0 Å². The first kappa shape index (κ1) is 43.6. The second-order valence-electron chi connectivity index (χ2n) is 17.5. The van der Waals surface area contributed by atoms with Gasteiger partial charge in [0.25, 0.3) is 0 Å². The Bertz CT molecular complexity index is 691. The van der Waals surface area contributed by atoms with E-state index in [-0.39, 0.29) is 0 Å². The molecule has 4 aliphatic heterocycles. The SMILES string of the molecule is CC(C)C1CC=CCN1C(C)C.CC(C)C1CCCCN1C(C)C.CC(C)C1CCCN1C(C)C.CC(C)[C@@H]1CCCN1C(C)C. The molecule has 4 atom stereocenters. The highest BCUT2D eigenvalue weighted by atomic mass is 15.2. The molecule has 0 aromatic carbocycles.